The van der Waals surface area contributed by atoms with Gasteiger partial charge in [0.15, 0.2) is 5.76 Å². The predicted octanol–water partition coefficient (Wildman–Crippen LogP) is 4.54. The molecule has 3 aromatic rings. The summed E-state index contributed by atoms with van der Waals surface area (Å²) in [4.78, 5) is 14.7. The fourth-order valence-electron chi connectivity index (χ4n) is 3.09. The predicted molar refractivity (Wildman–Crippen MR) is 90.6 cm³/mol. The Bertz CT molecular complexity index is 836. The second-order valence-corrected chi connectivity index (χ2v) is 5.72. The van der Waals surface area contributed by atoms with Crippen molar-refractivity contribution in [3.05, 3.63) is 78.1 Å². The Labute approximate surface area is 135 Å². The molecule has 0 bridgehead atoms. The van der Waals surface area contributed by atoms with Gasteiger partial charge in [-0.1, -0.05) is 48.5 Å². The second kappa shape index (κ2) is 5.76. The first-order valence-corrected chi connectivity index (χ1v) is 7.88. The third kappa shape index (κ3) is 2.55. The number of carbonyl (C=O) groups excluding carboxylic acids is 1. The van der Waals surface area contributed by atoms with Crippen LogP contribution in [0.5, 0.6) is 0 Å². The van der Waals surface area contributed by atoms with Gasteiger partial charge in [-0.3, -0.25) is 4.79 Å². The number of hydrogen-bond donors (Lipinski definition) is 0. The van der Waals surface area contributed by atoms with Crippen LogP contribution < -0.4 is 4.90 Å². The molecule has 3 nitrogen and oxygen atoms in total. The zero-order valence-corrected chi connectivity index (χ0v) is 12.7. The van der Waals surface area contributed by atoms with Crippen LogP contribution in [0, 0.1) is 0 Å². The minimum atomic E-state index is -0.0701. The van der Waals surface area contributed by atoms with E-state index >= 15 is 0 Å². The van der Waals surface area contributed by atoms with Crippen LogP contribution in [0.25, 0.3) is 11.3 Å². The number of para-hydroxylation sites is 1. The van der Waals surface area contributed by atoms with Crippen LogP contribution in [-0.2, 0) is 6.42 Å². The van der Waals surface area contributed by atoms with E-state index in [-0.39, 0.29) is 5.91 Å². The summed E-state index contributed by atoms with van der Waals surface area (Å²) in [6.45, 7) is 0.733. The average molecular weight is 303 g/mol. The Kier molecular flexibility index (Phi) is 3.46. The van der Waals surface area contributed by atoms with Crippen molar-refractivity contribution in [2.75, 3.05) is 11.4 Å². The third-order valence-corrected chi connectivity index (χ3v) is 4.23. The zero-order chi connectivity index (χ0) is 15.6. The molecule has 0 aliphatic carbocycles. The monoisotopic (exact) mass is 303 g/mol. The molecule has 1 aromatic heterocycles. The SMILES string of the molecule is O=C(c1ccc(-c2ccccc2)o1)N1CCCc2ccccc21. The van der Waals surface area contributed by atoms with E-state index < -0.39 is 0 Å². The van der Waals surface area contributed by atoms with Gasteiger partial charge in [-0.2, -0.15) is 0 Å². The molecular weight excluding hydrogens is 286 g/mol. The van der Waals surface area contributed by atoms with Crippen molar-refractivity contribution < 1.29 is 9.21 Å². The van der Waals surface area contributed by atoms with Crippen molar-refractivity contribution >= 4 is 11.6 Å². The molecule has 0 atom stereocenters. The zero-order valence-electron chi connectivity index (χ0n) is 12.7. The molecule has 114 valence electrons. The number of benzene rings is 2. The number of hydrogen-bond acceptors (Lipinski definition) is 2. The van der Waals surface area contributed by atoms with Crippen LogP contribution in [0.3, 0.4) is 0 Å². The molecule has 0 radical (unpaired) electrons. The van der Waals surface area contributed by atoms with E-state index in [0.29, 0.717) is 5.76 Å². The molecule has 0 fully saturated rings. The lowest BCUT2D eigenvalue weighted by molar-refractivity contribution is 0.0959. The molecule has 23 heavy (non-hydrogen) atoms. The topological polar surface area (TPSA) is 33.5 Å². The van der Waals surface area contributed by atoms with E-state index in [1.54, 1.807) is 6.07 Å². The minimum Gasteiger partial charge on any atom is -0.451 e. The highest BCUT2D eigenvalue weighted by molar-refractivity contribution is 6.05. The Balaban J connectivity index is 1.65. The molecule has 2 aromatic carbocycles. The normalized spacial score (nSPS) is 13.7. The number of anilines is 1. The minimum absolute atomic E-state index is 0.0701. The van der Waals surface area contributed by atoms with Crippen molar-refractivity contribution in [1.82, 2.24) is 0 Å². The number of amides is 1. The Morgan fingerprint density at radius 1 is 0.913 bits per heavy atom. The van der Waals surface area contributed by atoms with E-state index in [4.69, 9.17) is 4.42 Å². The molecule has 0 saturated heterocycles. The molecule has 4 rings (SSSR count). The Morgan fingerprint density at radius 3 is 2.57 bits per heavy atom. The highest BCUT2D eigenvalue weighted by atomic mass is 16.4. The summed E-state index contributed by atoms with van der Waals surface area (Å²) < 4.78 is 5.81. The van der Waals surface area contributed by atoms with Crippen LogP contribution >= 0.6 is 0 Å². The molecule has 0 N–H and O–H groups in total. The van der Waals surface area contributed by atoms with Gasteiger partial charge in [-0.05, 0) is 36.6 Å². The van der Waals surface area contributed by atoms with Crippen molar-refractivity contribution in [2.24, 2.45) is 0 Å². The summed E-state index contributed by atoms with van der Waals surface area (Å²) in [6, 6.07) is 21.5. The highest BCUT2D eigenvalue weighted by Gasteiger charge is 2.25. The van der Waals surface area contributed by atoms with E-state index in [1.807, 2.05) is 59.5 Å². The van der Waals surface area contributed by atoms with Crippen molar-refractivity contribution in [3.8, 4) is 11.3 Å². The quantitative estimate of drug-likeness (QED) is 0.696. The number of aryl methyl sites for hydroxylation is 1. The van der Waals surface area contributed by atoms with Gasteiger partial charge in [0.1, 0.15) is 5.76 Å². The van der Waals surface area contributed by atoms with Crippen LogP contribution in [-0.4, -0.2) is 12.5 Å². The van der Waals surface area contributed by atoms with Crippen LogP contribution in [0.1, 0.15) is 22.5 Å². The summed E-state index contributed by atoms with van der Waals surface area (Å²) in [5, 5.41) is 0. The first-order chi connectivity index (χ1) is 11.3. The Morgan fingerprint density at radius 2 is 1.70 bits per heavy atom. The summed E-state index contributed by atoms with van der Waals surface area (Å²) in [5.74, 6) is 1.04. The molecule has 1 aliphatic heterocycles. The van der Waals surface area contributed by atoms with Crippen molar-refractivity contribution in [1.29, 1.82) is 0 Å². The van der Waals surface area contributed by atoms with Gasteiger partial charge in [-0.25, -0.2) is 0 Å². The third-order valence-electron chi connectivity index (χ3n) is 4.23. The molecular formula is C20H17NO2. The van der Waals surface area contributed by atoms with Crippen molar-refractivity contribution in [2.45, 2.75) is 12.8 Å². The average Bonchev–Trinajstić information content (AvgIpc) is 3.11. The van der Waals surface area contributed by atoms with Gasteiger partial charge in [0.05, 0.1) is 0 Å². The lowest BCUT2D eigenvalue weighted by Gasteiger charge is -2.28. The van der Waals surface area contributed by atoms with Crippen LogP contribution in [0.15, 0.2) is 71.1 Å². The maximum atomic E-state index is 12.8. The van der Waals surface area contributed by atoms with Crippen molar-refractivity contribution in [3.63, 3.8) is 0 Å². The maximum absolute atomic E-state index is 12.8. The van der Waals surface area contributed by atoms with Gasteiger partial charge in [0, 0.05) is 17.8 Å². The molecule has 1 amide bonds. The lowest BCUT2D eigenvalue weighted by atomic mass is 10.0. The van der Waals surface area contributed by atoms with E-state index in [1.165, 1.54) is 5.56 Å². The van der Waals surface area contributed by atoms with Gasteiger partial charge in [-0.15, -0.1) is 0 Å². The second-order valence-electron chi connectivity index (χ2n) is 5.72. The van der Waals surface area contributed by atoms with E-state index in [2.05, 4.69) is 6.07 Å². The van der Waals surface area contributed by atoms with Gasteiger partial charge < -0.3 is 9.32 Å². The first kappa shape index (κ1) is 13.8. The molecule has 1 aliphatic rings. The maximum Gasteiger partial charge on any atom is 0.293 e. The standard InChI is InChI=1S/C20H17NO2/c22-20(21-14-6-10-15-7-4-5-11-17(15)21)19-13-12-18(23-19)16-8-2-1-3-9-16/h1-5,7-9,11-13H,6,10,14H2. The first-order valence-electron chi connectivity index (χ1n) is 7.88. The number of rotatable bonds is 2. The number of nitrogens with zero attached hydrogens (tertiary/aromatic N) is 1. The summed E-state index contributed by atoms with van der Waals surface area (Å²) >= 11 is 0. The van der Waals surface area contributed by atoms with Gasteiger partial charge in [0.2, 0.25) is 0 Å². The summed E-state index contributed by atoms with van der Waals surface area (Å²) in [6.07, 6.45) is 2.00. The number of carbonyl (C=O) groups is 1. The van der Waals surface area contributed by atoms with Crippen LogP contribution in [0.4, 0.5) is 5.69 Å². The molecule has 0 unspecified atom stereocenters. The molecule has 0 spiro atoms. The smallest absolute Gasteiger partial charge is 0.293 e. The fraction of sp³-hybridized carbons (Fsp3) is 0.150. The molecule has 3 heteroatoms. The number of fused-ring (bicyclic) bond motifs is 1. The molecule has 2 heterocycles. The highest BCUT2D eigenvalue weighted by Crippen LogP contribution is 2.29. The summed E-state index contributed by atoms with van der Waals surface area (Å²) in [5.41, 5.74) is 3.20. The summed E-state index contributed by atoms with van der Waals surface area (Å²) in [7, 11) is 0. The molecule has 0 saturated carbocycles. The lowest BCUT2D eigenvalue weighted by Crippen LogP contribution is -2.35. The van der Waals surface area contributed by atoms with Gasteiger partial charge in [0.25, 0.3) is 5.91 Å². The van der Waals surface area contributed by atoms with E-state index in [0.717, 1.165) is 36.4 Å². The van der Waals surface area contributed by atoms with Crippen LogP contribution in [0.2, 0.25) is 0 Å². The number of furan rings is 1. The fourth-order valence-corrected chi connectivity index (χ4v) is 3.09. The Hall–Kier alpha value is -2.81. The van der Waals surface area contributed by atoms with Gasteiger partial charge >= 0.3 is 0 Å². The van der Waals surface area contributed by atoms with E-state index in [9.17, 15) is 4.79 Å². The largest absolute Gasteiger partial charge is 0.451 e.